The maximum atomic E-state index is 13.2. The summed E-state index contributed by atoms with van der Waals surface area (Å²) in [6, 6.07) is 20.0. The summed E-state index contributed by atoms with van der Waals surface area (Å²) in [4.78, 5) is 35.3. The smallest absolute Gasteiger partial charge is 0.294 e. The van der Waals surface area contributed by atoms with E-state index < -0.39 is 5.56 Å². The first-order chi connectivity index (χ1) is 17.4. The number of hydroxylamine groups is 1. The second-order valence-corrected chi connectivity index (χ2v) is 8.74. The van der Waals surface area contributed by atoms with Gasteiger partial charge in [0.05, 0.1) is 5.69 Å². The highest BCUT2D eigenvalue weighted by Gasteiger charge is 2.20. The van der Waals surface area contributed by atoms with Gasteiger partial charge in [0.15, 0.2) is 11.0 Å². The summed E-state index contributed by atoms with van der Waals surface area (Å²) in [5.41, 5.74) is 4.57. The number of amides is 1. The molecule has 0 saturated carbocycles. The van der Waals surface area contributed by atoms with Crippen molar-refractivity contribution in [1.29, 1.82) is 5.41 Å². The lowest BCUT2D eigenvalue weighted by Gasteiger charge is -2.25. The molecule has 0 radical (unpaired) electrons. The van der Waals surface area contributed by atoms with Gasteiger partial charge < -0.3 is 16.0 Å². The van der Waals surface area contributed by atoms with Crippen LogP contribution < -0.4 is 27.0 Å². The number of carbonyl (C=O) groups is 1. The number of anilines is 1. The van der Waals surface area contributed by atoms with Crippen molar-refractivity contribution >= 4 is 29.3 Å². The van der Waals surface area contributed by atoms with Crippen molar-refractivity contribution in [2.75, 3.05) is 25.0 Å². The second-order valence-electron chi connectivity index (χ2n) is 8.38. The van der Waals surface area contributed by atoms with E-state index in [1.807, 2.05) is 60.7 Å². The van der Waals surface area contributed by atoms with Gasteiger partial charge in [0, 0.05) is 25.6 Å². The van der Waals surface area contributed by atoms with Gasteiger partial charge in [-0.2, -0.15) is 0 Å². The first kappa shape index (κ1) is 25.2. The van der Waals surface area contributed by atoms with Gasteiger partial charge in [0.2, 0.25) is 11.9 Å². The molecule has 2 heterocycles. The Morgan fingerprint density at radius 1 is 1.19 bits per heavy atom. The second kappa shape index (κ2) is 11.7. The molecule has 1 aromatic heterocycles. The molecule has 1 unspecified atom stereocenters. The fraction of sp³-hybridized carbons (Fsp3) is 0.280. The lowest BCUT2D eigenvalue weighted by Crippen LogP contribution is -2.53. The molecule has 0 spiro atoms. The zero-order valence-electron chi connectivity index (χ0n) is 19.8. The Bertz CT molecular complexity index is 1220. The van der Waals surface area contributed by atoms with E-state index in [4.69, 9.17) is 21.8 Å². The van der Waals surface area contributed by atoms with Gasteiger partial charge in [-0.25, -0.2) is 10.5 Å². The highest BCUT2D eigenvalue weighted by Crippen LogP contribution is 2.25. The number of benzene rings is 2. The van der Waals surface area contributed by atoms with Gasteiger partial charge in [-0.15, -0.1) is 0 Å². The maximum Gasteiger partial charge on any atom is 0.294 e. The first-order valence-corrected chi connectivity index (χ1v) is 11.9. The quantitative estimate of drug-likeness (QED) is 0.298. The third-order valence-corrected chi connectivity index (χ3v) is 6.26. The third-order valence-electron chi connectivity index (χ3n) is 5.90. The normalized spacial score (nSPS) is 15.2. The van der Waals surface area contributed by atoms with E-state index >= 15 is 0 Å². The Labute approximate surface area is 213 Å². The molecule has 36 heavy (non-hydrogen) atoms. The van der Waals surface area contributed by atoms with E-state index in [0.29, 0.717) is 18.8 Å². The van der Waals surface area contributed by atoms with Crippen molar-refractivity contribution < 1.29 is 9.63 Å². The zero-order valence-corrected chi connectivity index (χ0v) is 20.5. The third kappa shape index (κ3) is 6.21. The first-order valence-electron chi connectivity index (χ1n) is 11.5. The molecule has 2 aromatic carbocycles. The zero-order chi connectivity index (χ0) is 25.5. The molecule has 1 aliphatic rings. The van der Waals surface area contributed by atoms with Crippen LogP contribution in [0.5, 0.6) is 0 Å². The summed E-state index contributed by atoms with van der Waals surface area (Å²) in [6.45, 7) is 2.43. The molecule has 10 nitrogen and oxygen atoms in total. The Kier molecular flexibility index (Phi) is 8.19. The monoisotopic (exact) mass is 509 g/mol. The van der Waals surface area contributed by atoms with Crippen molar-refractivity contribution in [3.8, 4) is 0 Å². The molecule has 4 rings (SSSR count). The van der Waals surface area contributed by atoms with E-state index in [1.165, 1.54) is 4.57 Å². The number of rotatable bonds is 9. The standard InChI is InChI=1S/C25H28ClN7O3/c1-16-22(26)31-23(24(35)33(16)15-21(34)28-12-19-13-30-25(27)32-36-19)29-14-20(17-8-4-2-5-9-17)18-10-6-3-7-11-18/h2-11,19-20H,12-15H2,1H3,(H,28,34)(H,29,31)(H3,27,30,32). The highest BCUT2D eigenvalue weighted by molar-refractivity contribution is 6.30. The predicted molar refractivity (Wildman–Crippen MR) is 138 cm³/mol. The minimum Gasteiger partial charge on any atom is -0.364 e. The topological polar surface area (TPSA) is 133 Å². The number of halogens is 1. The summed E-state index contributed by atoms with van der Waals surface area (Å²) >= 11 is 6.34. The maximum absolute atomic E-state index is 13.2. The molecule has 1 aliphatic heterocycles. The Hall–Kier alpha value is -3.89. The lowest BCUT2D eigenvalue weighted by molar-refractivity contribution is -0.122. The summed E-state index contributed by atoms with van der Waals surface area (Å²) in [6.07, 6.45) is -0.355. The molecular formula is C25H28ClN7O3. The molecule has 1 fully saturated rings. The molecule has 0 bridgehead atoms. The average Bonchev–Trinajstić information content (AvgIpc) is 2.90. The number of nitrogens with zero attached hydrogens (tertiary/aromatic N) is 2. The van der Waals surface area contributed by atoms with Crippen LogP contribution in [0.1, 0.15) is 22.7 Å². The predicted octanol–water partition coefficient (Wildman–Crippen LogP) is 1.99. The number of nitrogens with one attached hydrogen (secondary N) is 5. The van der Waals surface area contributed by atoms with Crippen molar-refractivity contribution in [3.05, 3.63) is 93.0 Å². The SMILES string of the molecule is Cc1c(Cl)nc(NCC(c2ccccc2)c2ccccc2)c(=O)n1CC(=O)NCC1CNC(=N)NO1. The molecule has 11 heteroatoms. The Morgan fingerprint density at radius 3 is 2.42 bits per heavy atom. The number of hydrogen-bond acceptors (Lipinski definition) is 6. The largest absolute Gasteiger partial charge is 0.364 e. The minimum atomic E-state index is -0.433. The van der Waals surface area contributed by atoms with Gasteiger partial charge in [0.25, 0.3) is 5.56 Å². The number of carbonyl (C=O) groups excluding carboxylic acids is 1. The molecular weight excluding hydrogens is 482 g/mol. The van der Waals surface area contributed by atoms with Crippen LogP contribution in [0, 0.1) is 12.3 Å². The molecule has 1 atom stereocenters. The van der Waals surface area contributed by atoms with Crippen LogP contribution in [-0.2, 0) is 16.2 Å². The van der Waals surface area contributed by atoms with Crippen LogP contribution in [-0.4, -0.2) is 47.2 Å². The molecule has 1 saturated heterocycles. The molecule has 5 N–H and O–H groups in total. The number of aromatic nitrogens is 2. The number of guanidine groups is 1. The van der Waals surface area contributed by atoms with Crippen LogP contribution >= 0.6 is 11.6 Å². The molecule has 188 valence electrons. The fourth-order valence-electron chi connectivity index (χ4n) is 3.90. The Morgan fingerprint density at radius 2 is 1.83 bits per heavy atom. The summed E-state index contributed by atoms with van der Waals surface area (Å²) in [7, 11) is 0. The van der Waals surface area contributed by atoms with Crippen LogP contribution in [0.25, 0.3) is 0 Å². The van der Waals surface area contributed by atoms with Gasteiger partial charge in [-0.3, -0.25) is 24.4 Å². The Balaban J connectivity index is 1.48. The summed E-state index contributed by atoms with van der Waals surface area (Å²) in [5, 5.41) is 16.2. The van der Waals surface area contributed by atoms with Gasteiger partial charge in [-0.1, -0.05) is 72.3 Å². The number of hydrogen-bond donors (Lipinski definition) is 5. The van der Waals surface area contributed by atoms with E-state index in [0.717, 1.165) is 11.1 Å². The van der Waals surface area contributed by atoms with Gasteiger partial charge >= 0.3 is 0 Å². The van der Waals surface area contributed by atoms with E-state index in [9.17, 15) is 9.59 Å². The van der Waals surface area contributed by atoms with Crippen LogP contribution in [0.3, 0.4) is 0 Å². The van der Waals surface area contributed by atoms with Crippen molar-refractivity contribution in [3.63, 3.8) is 0 Å². The van der Waals surface area contributed by atoms with Crippen molar-refractivity contribution in [1.82, 2.24) is 25.7 Å². The van der Waals surface area contributed by atoms with Crippen molar-refractivity contribution in [2.24, 2.45) is 0 Å². The molecule has 1 amide bonds. The average molecular weight is 510 g/mol. The molecule has 0 aliphatic carbocycles. The van der Waals surface area contributed by atoms with Gasteiger partial charge in [0.1, 0.15) is 12.6 Å². The lowest BCUT2D eigenvalue weighted by atomic mass is 9.91. The fourth-order valence-corrected chi connectivity index (χ4v) is 4.08. The van der Waals surface area contributed by atoms with Gasteiger partial charge in [-0.05, 0) is 18.1 Å². The van der Waals surface area contributed by atoms with Crippen LogP contribution in [0.2, 0.25) is 5.15 Å². The van der Waals surface area contributed by atoms with E-state index in [-0.39, 0.29) is 47.9 Å². The van der Waals surface area contributed by atoms with Crippen LogP contribution in [0.15, 0.2) is 65.5 Å². The summed E-state index contributed by atoms with van der Waals surface area (Å²) in [5.74, 6) is -0.250. The van der Waals surface area contributed by atoms with E-state index in [1.54, 1.807) is 6.92 Å². The summed E-state index contributed by atoms with van der Waals surface area (Å²) < 4.78 is 1.31. The van der Waals surface area contributed by atoms with Crippen LogP contribution in [0.4, 0.5) is 5.82 Å². The highest BCUT2D eigenvalue weighted by atomic mass is 35.5. The molecule has 3 aromatic rings. The van der Waals surface area contributed by atoms with E-state index in [2.05, 4.69) is 26.4 Å². The minimum absolute atomic E-state index is 0.0235. The van der Waals surface area contributed by atoms with Crippen molar-refractivity contribution in [2.45, 2.75) is 25.5 Å².